The Balaban J connectivity index is 2.69. The van der Waals surface area contributed by atoms with E-state index in [1.807, 2.05) is 0 Å². The Kier molecular flexibility index (Phi) is 5.06. The third kappa shape index (κ3) is 3.80. The summed E-state index contributed by atoms with van der Waals surface area (Å²) in [5, 5.41) is 0. The molecule has 94 valence electrons. The lowest BCUT2D eigenvalue weighted by atomic mass is 10.2. The van der Waals surface area contributed by atoms with Crippen molar-refractivity contribution >= 4 is 11.6 Å². The number of ether oxygens (including phenoxy) is 1. The number of hydrogen-bond donors (Lipinski definition) is 1. The maximum atomic E-state index is 13.0. The van der Waals surface area contributed by atoms with Crippen LogP contribution in [0, 0.1) is 5.82 Å². The Morgan fingerprint density at radius 2 is 2.29 bits per heavy atom. The first-order valence-corrected chi connectivity index (χ1v) is 5.34. The van der Waals surface area contributed by atoms with Crippen molar-refractivity contribution in [2.75, 3.05) is 25.7 Å². The lowest BCUT2D eigenvalue weighted by molar-refractivity contribution is -0.119. The second-order valence-electron chi connectivity index (χ2n) is 3.77. The quantitative estimate of drug-likeness (QED) is 0.840. The number of halogens is 1. The second-order valence-corrected chi connectivity index (χ2v) is 3.77. The molecule has 0 aliphatic carbocycles. The van der Waals surface area contributed by atoms with Crippen molar-refractivity contribution in [1.82, 2.24) is 0 Å². The number of likely N-dealkylation sites (N-methyl/N-ethyl adjacent to an activating group) is 1. The van der Waals surface area contributed by atoms with E-state index in [-0.39, 0.29) is 11.7 Å². The molecule has 0 heterocycles. The van der Waals surface area contributed by atoms with E-state index < -0.39 is 6.04 Å². The van der Waals surface area contributed by atoms with E-state index in [1.165, 1.54) is 17.0 Å². The van der Waals surface area contributed by atoms with Gasteiger partial charge in [-0.2, -0.15) is 0 Å². The van der Waals surface area contributed by atoms with Gasteiger partial charge in [-0.05, 0) is 24.6 Å². The first kappa shape index (κ1) is 13.6. The molecule has 0 saturated carbocycles. The van der Waals surface area contributed by atoms with Crippen LogP contribution in [-0.2, 0) is 9.53 Å². The zero-order chi connectivity index (χ0) is 12.8. The first-order chi connectivity index (χ1) is 8.06. The molecule has 5 heteroatoms. The van der Waals surface area contributed by atoms with E-state index in [0.717, 1.165) is 0 Å². The van der Waals surface area contributed by atoms with Crippen LogP contribution in [0.5, 0.6) is 0 Å². The van der Waals surface area contributed by atoms with Crippen LogP contribution in [0.1, 0.15) is 6.42 Å². The summed E-state index contributed by atoms with van der Waals surface area (Å²) >= 11 is 0. The molecule has 1 rings (SSSR count). The van der Waals surface area contributed by atoms with Gasteiger partial charge in [0.2, 0.25) is 5.91 Å². The summed E-state index contributed by atoms with van der Waals surface area (Å²) in [7, 11) is 3.12. The summed E-state index contributed by atoms with van der Waals surface area (Å²) < 4.78 is 17.9. The van der Waals surface area contributed by atoms with Gasteiger partial charge in [0.15, 0.2) is 0 Å². The molecule has 0 bridgehead atoms. The highest BCUT2D eigenvalue weighted by molar-refractivity contribution is 5.96. The van der Waals surface area contributed by atoms with Crippen molar-refractivity contribution in [1.29, 1.82) is 0 Å². The molecular formula is C12H17FN2O2. The average Bonchev–Trinajstić information content (AvgIpc) is 2.34. The Morgan fingerprint density at radius 1 is 1.59 bits per heavy atom. The van der Waals surface area contributed by atoms with Crippen molar-refractivity contribution in [2.24, 2.45) is 5.73 Å². The monoisotopic (exact) mass is 240 g/mol. The molecule has 0 aromatic heterocycles. The molecule has 1 atom stereocenters. The number of amides is 1. The summed E-state index contributed by atoms with van der Waals surface area (Å²) in [6.45, 7) is 0.421. The summed E-state index contributed by atoms with van der Waals surface area (Å²) in [6.07, 6.45) is 0.439. The molecular weight excluding hydrogens is 223 g/mol. The van der Waals surface area contributed by atoms with E-state index in [2.05, 4.69) is 0 Å². The van der Waals surface area contributed by atoms with Crippen LogP contribution in [-0.4, -0.2) is 32.7 Å². The first-order valence-electron chi connectivity index (χ1n) is 5.34. The van der Waals surface area contributed by atoms with E-state index in [1.54, 1.807) is 26.3 Å². The normalized spacial score (nSPS) is 12.2. The third-order valence-corrected chi connectivity index (χ3v) is 2.48. The van der Waals surface area contributed by atoms with Crippen LogP contribution >= 0.6 is 0 Å². The van der Waals surface area contributed by atoms with Gasteiger partial charge < -0.3 is 15.4 Å². The van der Waals surface area contributed by atoms with Gasteiger partial charge in [-0.15, -0.1) is 0 Å². The fourth-order valence-corrected chi connectivity index (χ4v) is 1.43. The number of rotatable bonds is 5. The highest BCUT2D eigenvalue weighted by atomic mass is 19.1. The maximum Gasteiger partial charge on any atom is 0.243 e. The molecule has 0 aliphatic rings. The average molecular weight is 240 g/mol. The molecule has 1 aromatic rings. The SMILES string of the molecule is COCCC(N)C(=O)N(C)c1cccc(F)c1. The zero-order valence-corrected chi connectivity index (χ0v) is 10.0. The maximum absolute atomic E-state index is 13.0. The van der Waals surface area contributed by atoms with Gasteiger partial charge in [0.1, 0.15) is 5.82 Å². The summed E-state index contributed by atoms with van der Waals surface area (Å²) in [5.41, 5.74) is 6.20. The van der Waals surface area contributed by atoms with Crippen molar-refractivity contribution in [2.45, 2.75) is 12.5 Å². The van der Waals surface area contributed by atoms with Crippen LogP contribution < -0.4 is 10.6 Å². The fourth-order valence-electron chi connectivity index (χ4n) is 1.43. The molecule has 0 radical (unpaired) electrons. The number of methoxy groups -OCH3 is 1. The van der Waals surface area contributed by atoms with Crippen LogP contribution in [0.3, 0.4) is 0 Å². The number of carbonyl (C=O) groups excluding carboxylic acids is 1. The largest absolute Gasteiger partial charge is 0.385 e. The molecule has 4 nitrogen and oxygen atoms in total. The van der Waals surface area contributed by atoms with Crippen molar-refractivity contribution in [3.8, 4) is 0 Å². The van der Waals surface area contributed by atoms with Crippen LogP contribution in [0.2, 0.25) is 0 Å². The fraction of sp³-hybridized carbons (Fsp3) is 0.417. The van der Waals surface area contributed by atoms with Crippen LogP contribution in [0.15, 0.2) is 24.3 Å². The summed E-state index contributed by atoms with van der Waals surface area (Å²) in [5.74, 6) is -0.639. The Hall–Kier alpha value is -1.46. The van der Waals surface area contributed by atoms with E-state index in [0.29, 0.717) is 18.7 Å². The van der Waals surface area contributed by atoms with Crippen molar-refractivity contribution in [3.05, 3.63) is 30.1 Å². The number of hydrogen-bond acceptors (Lipinski definition) is 3. The third-order valence-electron chi connectivity index (χ3n) is 2.48. The van der Waals surface area contributed by atoms with Gasteiger partial charge in [-0.25, -0.2) is 4.39 Å². The predicted octanol–water partition coefficient (Wildman–Crippen LogP) is 1.15. The van der Waals surface area contributed by atoms with Gasteiger partial charge in [0.05, 0.1) is 6.04 Å². The van der Waals surface area contributed by atoms with E-state index >= 15 is 0 Å². The van der Waals surface area contributed by atoms with Gasteiger partial charge in [0, 0.05) is 26.5 Å². The zero-order valence-electron chi connectivity index (χ0n) is 10.0. The van der Waals surface area contributed by atoms with Gasteiger partial charge in [-0.3, -0.25) is 4.79 Å². The molecule has 1 aromatic carbocycles. The standard InChI is InChI=1S/C12H17FN2O2/c1-15(10-5-3-4-9(13)8-10)12(16)11(14)6-7-17-2/h3-5,8,11H,6-7,14H2,1-2H3. The summed E-state index contributed by atoms with van der Waals surface area (Å²) in [4.78, 5) is 13.2. The predicted molar refractivity (Wildman–Crippen MR) is 64.3 cm³/mol. The number of benzene rings is 1. The van der Waals surface area contributed by atoms with E-state index in [4.69, 9.17) is 10.5 Å². The van der Waals surface area contributed by atoms with Crippen LogP contribution in [0.4, 0.5) is 10.1 Å². The minimum Gasteiger partial charge on any atom is -0.385 e. The minimum atomic E-state index is -0.636. The topological polar surface area (TPSA) is 55.6 Å². The van der Waals surface area contributed by atoms with Crippen molar-refractivity contribution < 1.29 is 13.9 Å². The lowest BCUT2D eigenvalue weighted by Crippen LogP contribution is -2.42. The Bertz CT molecular complexity index is 385. The molecule has 0 aliphatic heterocycles. The van der Waals surface area contributed by atoms with Crippen LogP contribution in [0.25, 0.3) is 0 Å². The molecule has 0 fully saturated rings. The molecule has 2 N–H and O–H groups in total. The van der Waals surface area contributed by atoms with Gasteiger partial charge in [0.25, 0.3) is 0 Å². The Labute approximate surface area is 100 Å². The van der Waals surface area contributed by atoms with Crippen molar-refractivity contribution in [3.63, 3.8) is 0 Å². The number of nitrogens with zero attached hydrogens (tertiary/aromatic N) is 1. The molecule has 17 heavy (non-hydrogen) atoms. The lowest BCUT2D eigenvalue weighted by Gasteiger charge is -2.21. The molecule has 1 unspecified atom stereocenters. The number of anilines is 1. The highest BCUT2D eigenvalue weighted by Gasteiger charge is 2.19. The van der Waals surface area contributed by atoms with Gasteiger partial charge >= 0.3 is 0 Å². The second kappa shape index (κ2) is 6.32. The molecule has 1 amide bonds. The number of carbonyl (C=O) groups is 1. The number of nitrogens with two attached hydrogens (primary N) is 1. The Morgan fingerprint density at radius 3 is 2.88 bits per heavy atom. The van der Waals surface area contributed by atoms with E-state index in [9.17, 15) is 9.18 Å². The summed E-state index contributed by atoms with van der Waals surface area (Å²) in [6, 6.07) is 5.19. The smallest absolute Gasteiger partial charge is 0.243 e. The van der Waals surface area contributed by atoms with Gasteiger partial charge in [-0.1, -0.05) is 6.07 Å². The highest BCUT2D eigenvalue weighted by Crippen LogP contribution is 2.14. The molecule has 0 saturated heterocycles. The minimum absolute atomic E-state index is 0.257. The molecule has 0 spiro atoms.